The van der Waals surface area contributed by atoms with Crippen LogP contribution in [0.4, 0.5) is 5.82 Å². The number of nitrogens with one attached hydrogen (secondary N) is 1. The molecule has 0 saturated carbocycles. The van der Waals surface area contributed by atoms with Crippen LogP contribution in [0.25, 0.3) is 0 Å². The lowest BCUT2D eigenvalue weighted by atomic mass is 9.91. The smallest absolute Gasteiger partial charge is 0.258 e. The van der Waals surface area contributed by atoms with E-state index in [9.17, 15) is 4.79 Å². The van der Waals surface area contributed by atoms with Crippen LogP contribution in [-0.4, -0.2) is 20.7 Å². The number of amides is 1. The fraction of sp³-hybridized carbons (Fsp3) is 0.400. The molecule has 0 bridgehead atoms. The standard InChI is InChI=1S/C15H20N4O/c1-15(2,3)9-12-8-13(19(4)18-12)17-14(20)11-6-5-7-16-10-11/h5-8,10H,9H2,1-4H3,(H,17,20). The predicted molar refractivity (Wildman–Crippen MR) is 78.6 cm³/mol. The van der Waals surface area contributed by atoms with E-state index in [1.807, 2.05) is 13.1 Å². The number of carbonyl (C=O) groups excluding carboxylic acids is 1. The van der Waals surface area contributed by atoms with E-state index >= 15 is 0 Å². The van der Waals surface area contributed by atoms with Gasteiger partial charge >= 0.3 is 0 Å². The van der Waals surface area contributed by atoms with Gasteiger partial charge in [0.1, 0.15) is 5.82 Å². The molecule has 0 atom stereocenters. The highest BCUT2D eigenvalue weighted by atomic mass is 16.1. The third-order valence-electron chi connectivity index (χ3n) is 2.81. The van der Waals surface area contributed by atoms with Gasteiger partial charge in [0.05, 0.1) is 11.3 Å². The summed E-state index contributed by atoms with van der Waals surface area (Å²) in [4.78, 5) is 16.0. The van der Waals surface area contributed by atoms with Gasteiger partial charge in [0.2, 0.25) is 0 Å². The fourth-order valence-electron chi connectivity index (χ4n) is 1.96. The number of hydrogen-bond acceptors (Lipinski definition) is 3. The first-order valence-corrected chi connectivity index (χ1v) is 6.59. The SMILES string of the molecule is Cn1nc(CC(C)(C)C)cc1NC(=O)c1cccnc1. The highest BCUT2D eigenvalue weighted by molar-refractivity contribution is 6.03. The second kappa shape index (κ2) is 5.45. The molecular formula is C15H20N4O. The van der Waals surface area contributed by atoms with Crippen molar-refractivity contribution in [2.45, 2.75) is 27.2 Å². The van der Waals surface area contributed by atoms with Gasteiger partial charge in [0.15, 0.2) is 0 Å². The average molecular weight is 272 g/mol. The van der Waals surface area contributed by atoms with E-state index in [1.54, 1.807) is 29.2 Å². The van der Waals surface area contributed by atoms with Crippen molar-refractivity contribution >= 4 is 11.7 Å². The Morgan fingerprint density at radius 3 is 2.75 bits per heavy atom. The van der Waals surface area contributed by atoms with Gasteiger partial charge in [-0.2, -0.15) is 5.10 Å². The first-order chi connectivity index (χ1) is 9.35. The molecule has 1 N–H and O–H groups in total. The molecule has 2 aromatic heterocycles. The van der Waals surface area contributed by atoms with Crippen LogP contribution in [0, 0.1) is 5.41 Å². The van der Waals surface area contributed by atoms with Gasteiger partial charge in [-0.15, -0.1) is 0 Å². The molecule has 1 amide bonds. The van der Waals surface area contributed by atoms with E-state index in [0.29, 0.717) is 11.4 Å². The molecule has 0 fully saturated rings. The minimum atomic E-state index is -0.177. The molecule has 0 unspecified atom stereocenters. The van der Waals surface area contributed by atoms with Crippen LogP contribution in [0.3, 0.4) is 0 Å². The van der Waals surface area contributed by atoms with Crippen LogP contribution in [0.1, 0.15) is 36.8 Å². The van der Waals surface area contributed by atoms with Crippen molar-refractivity contribution in [2.24, 2.45) is 12.5 Å². The Morgan fingerprint density at radius 1 is 1.40 bits per heavy atom. The second-order valence-corrected chi connectivity index (χ2v) is 6.08. The molecule has 2 aromatic rings. The Morgan fingerprint density at radius 2 is 2.15 bits per heavy atom. The summed E-state index contributed by atoms with van der Waals surface area (Å²) >= 11 is 0. The summed E-state index contributed by atoms with van der Waals surface area (Å²) < 4.78 is 1.69. The van der Waals surface area contributed by atoms with Crippen molar-refractivity contribution in [3.8, 4) is 0 Å². The number of carbonyl (C=O) groups is 1. The number of aryl methyl sites for hydroxylation is 1. The molecule has 0 aliphatic heterocycles. The van der Waals surface area contributed by atoms with Crippen LogP contribution in [-0.2, 0) is 13.5 Å². The quantitative estimate of drug-likeness (QED) is 0.934. The molecule has 0 aliphatic carbocycles. The Labute approximate surface area is 119 Å². The van der Waals surface area contributed by atoms with Gasteiger partial charge in [-0.1, -0.05) is 20.8 Å². The van der Waals surface area contributed by atoms with E-state index in [-0.39, 0.29) is 11.3 Å². The fourth-order valence-corrected chi connectivity index (χ4v) is 1.96. The van der Waals surface area contributed by atoms with E-state index < -0.39 is 0 Å². The molecule has 5 nitrogen and oxygen atoms in total. The highest BCUT2D eigenvalue weighted by Crippen LogP contribution is 2.21. The van der Waals surface area contributed by atoms with Crippen molar-refractivity contribution < 1.29 is 4.79 Å². The molecule has 0 radical (unpaired) electrons. The van der Waals surface area contributed by atoms with E-state index in [4.69, 9.17) is 0 Å². The predicted octanol–water partition coefficient (Wildman–Crippen LogP) is 2.66. The van der Waals surface area contributed by atoms with E-state index in [0.717, 1.165) is 12.1 Å². The molecule has 2 heterocycles. The Kier molecular flexibility index (Phi) is 3.88. The third kappa shape index (κ3) is 3.66. The van der Waals surface area contributed by atoms with Crippen molar-refractivity contribution in [1.82, 2.24) is 14.8 Å². The first-order valence-electron chi connectivity index (χ1n) is 6.59. The molecule has 0 spiro atoms. The van der Waals surface area contributed by atoms with Crippen LogP contribution >= 0.6 is 0 Å². The van der Waals surface area contributed by atoms with Crippen molar-refractivity contribution in [3.63, 3.8) is 0 Å². The largest absolute Gasteiger partial charge is 0.307 e. The van der Waals surface area contributed by atoms with Crippen molar-refractivity contribution in [2.75, 3.05) is 5.32 Å². The van der Waals surface area contributed by atoms with Crippen molar-refractivity contribution in [3.05, 3.63) is 41.9 Å². The van der Waals surface area contributed by atoms with E-state index in [1.165, 1.54) is 0 Å². The number of hydrogen-bond donors (Lipinski definition) is 1. The molecular weight excluding hydrogens is 252 g/mol. The van der Waals surface area contributed by atoms with Gasteiger partial charge in [-0.25, -0.2) is 0 Å². The number of anilines is 1. The molecule has 0 aliphatic rings. The Hall–Kier alpha value is -2.17. The minimum absolute atomic E-state index is 0.166. The normalized spacial score (nSPS) is 11.4. The summed E-state index contributed by atoms with van der Waals surface area (Å²) in [5.41, 5.74) is 1.67. The zero-order valence-corrected chi connectivity index (χ0v) is 12.3. The lowest BCUT2D eigenvalue weighted by Crippen LogP contribution is -2.14. The maximum Gasteiger partial charge on any atom is 0.258 e. The van der Waals surface area contributed by atoms with E-state index in [2.05, 4.69) is 36.2 Å². The molecule has 5 heteroatoms. The van der Waals surface area contributed by atoms with Crippen LogP contribution < -0.4 is 5.32 Å². The third-order valence-corrected chi connectivity index (χ3v) is 2.81. The Balaban J connectivity index is 2.12. The lowest BCUT2D eigenvalue weighted by molar-refractivity contribution is 0.102. The second-order valence-electron chi connectivity index (χ2n) is 6.08. The van der Waals surface area contributed by atoms with Gasteiger partial charge in [-0.3, -0.25) is 14.5 Å². The lowest BCUT2D eigenvalue weighted by Gasteiger charge is -2.15. The van der Waals surface area contributed by atoms with Crippen LogP contribution in [0.15, 0.2) is 30.6 Å². The summed E-state index contributed by atoms with van der Waals surface area (Å²) in [7, 11) is 1.82. The van der Waals surface area contributed by atoms with Crippen molar-refractivity contribution in [1.29, 1.82) is 0 Å². The van der Waals surface area contributed by atoms with Gasteiger partial charge in [0, 0.05) is 25.5 Å². The average Bonchev–Trinajstić information content (AvgIpc) is 2.68. The summed E-state index contributed by atoms with van der Waals surface area (Å²) in [5.74, 6) is 0.515. The minimum Gasteiger partial charge on any atom is -0.307 e. The van der Waals surface area contributed by atoms with Crippen LogP contribution in [0.5, 0.6) is 0 Å². The first kappa shape index (κ1) is 14.2. The zero-order valence-electron chi connectivity index (χ0n) is 12.3. The summed E-state index contributed by atoms with van der Waals surface area (Å²) in [6.45, 7) is 6.49. The molecule has 2 rings (SSSR count). The van der Waals surface area contributed by atoms with Gasteiger partial charge < -0.3 is 5.32 Å². The molecule has 20 heavy (non-hydrogen) atoms. The summed E-state index contributed by atoms with van der Waals surface area (Å²) in [5, 5.41) is 7.28. The molecule has 0 saturated heterocycles. The highest BCUT2D eigenvalue weighted by Gasteiger charge is 2.16. The molecule has 106 valence electrons. The molecule has 0 aromatic carbocycles. The topological polar surface area (TPSA) is 59.8 Å². The number of aromatic nitrogens is 3. The maximum atomic E-state index is 12.1. The number of pyridine rings is 1. The number of rotatable bonds is 3. The van der Waals surface area contributed by atoms with Crippen LogP contribution in [0.2, 0.25) is 0 Å². The van der Waals surface area contributed by atoms with Gasteiger partial charge in [0.25, 0.3) is 5.91 Å². The Bertz CT molecular complexity index is 596. The maximum absolute atomic E-state index is 12.1. The monoisotopic (exact) mass is 272 g/mol. The zero-order chi connectivity index (χ0) is 14.8. The summed E-state index contributed by atoms with van der Waals surface area (Å²) in [6.07, 6.45) is 4.05. The van der Waals surface area contributed by atoms with Gasteiger partial charge in [-0.05, 0) is 24.0 Å². The number of nitrogens with zero attached hydrogens (tertiary/aromatic N) is 3. The summed E-state index contributed by atoms with van der Waals surface area (Å²) in [6, 6.07) is 5.39.